The van der Waals surface area contributed by atoms with E-state index in [-0.39, 0.29) is 0 Å². The largest absolute Gasteiger partial charge is 0.455 e. The van der Waals surface area contributed by atoms with Crippen LogP contribution in [-0.2, 0) is 5.41 Å². The normalized spacial score (nSPS) is 12.9. The number of fused-ring (bicyclic) bond motifs is 11. The standard InChI is InChI=1S/C57H37NO2/c1-3-14-38(15-4-1)40-26-30-44(31-27-40)58(45-32-28-41(29-33-45)43-19-13-18-42(36-43)39-16-5-2-6-17-39)46-34-35-49-54(37-46)60-56-55(49)59-53-25-12-11-24-52(53)57(56)50-22-9-7-20-47(50)48-21-8-10-23-51(48)57/h1-37H. The van der Waals surface area contributed by atoms with Gasteiger partial charge in [-0.3, -0.25) is 0 Å². The Morgan fingerprint density at radius 3 is 1.43 bits per heavy atom. The van der Waals surface area contributed by atoms with Crippen LogP contribution in [0.25, 0.3) is 55.5 Å². The summed E-state index contributed by atoms with van der Waals surface area (Å²) in [5.41, 5.74) is 16.2. The van der Waals surface area contributed by atoms with Crippen molar-refractivity contribution in [1.82, 2.24) is 0 Å². The van der Waals surface area contributed by atoms with E-state index in [0.29, 0.717) is 0 Å². The lowest BCUT2D eigenvalue weighted by atomic mass is 9.69. The van der Waals surface area contributed by atoms with Crippen LogP contribution in [0.2, 0.25) is 0 Å². The summed E-state index contributed by atoms with van der Waals surface area (Å²) < 4.78 is 14.1. The SMILES string of the molecule is c1ccc(-c2ccc(N(c3ccc(-c4cccc(-c5ccccc5)c4)cc3)c3ccc4c5c(oc4c3)C3(c4ccccc4O5)c4ccccc4-c4ccccc43)cc2)cc1. The van der Waals surface area contributed by atoms with Crippen molar-refractivity contribution in [3.05, 3.63) is 247 Å². The second kappa shape index (κ2) is 13.6. The minimum Gasteiger partial charge on any atom is -0.455 e. The molecule has 3 heteroatoms. The summed E-state index contributed by atoms with van der Waals surface area (Å²) in [5.74, 6) is 2.42. The Balaban J connectivity index is 1.01. The molecule has 0 fully saturated rings. The van der Waals surface area contributed by atoms with Gasteiger partial charge in [-0.25, -0.2) is 0 Å². The van der Waals surface area contributed by atoms with E-state index in [4.69, 9.17) is 9.15 Å². The molecule has 0 radical (unpaired) electrons. The third-order valence-electron chi connectivity index (χ3n) is 12.3. The van der Waals surface area contributed by atoms with Crippen LogP contribution in [0.5, 0.6) is 11.5 Å². The lowest BCUT2D eigenvalue weighted by Crippen LogP contribution is -2.31. The van der Waals surface area contributed by atoms with E-state index in [1.54, 1.807) is 0 Å². The van der Waals surface area contributed by atoms with Crippen molar-refractivity contribution in [1.29, 1.82) is 0 Å². The lowest BCUT2D eigenvalue weighted by molar-refractivity contribution is 0.389. The zero-order valence-corrected chi connectivity index (χ0v) is 32.6. The van der Waals surface area contributed by atoms with Crippen LogP contribution in [0.1, 0.15) is 22.5 Å². The number of benzene rings is 9. The predicted octanol–water partition coefficient (Wildman–Crippen LogP) is 15.4. The maximum atomic E-state index is 7.21. The summed E-state index contributed by atoms with van der Waals surface area (Å²) >= 11 is 0. The fourth-order valence-electron chi connectivity index (χ4n) is 9.61. The van der Waals surface area contributed by atoms with Gasteiger partial charge in [-0.05, 0) is 104 Å². The molecule has 282 valence electrons. The Morgan fingerprint density at radius 2 is 0.817 bits per heavy atom. The second-order valence-electron chi connectivity index (χ2n) is 15.6. The Hall–Kier alpha value is -7.88. The van der Waals surface area contributed by atoms with Crippen LogP contribution in [0.3, 0.4) is 0 Å². The van der Waals surface area contributed by atoms with Crippen molar-refractivity contribution in [2.75, 3.05) is 4.90 Å². The fourth-order valence-corrected chi connectivity index (χ4v) is 9.61. The van der Waals surface area contributed by atoms with Gasteiger partial charge in [0.1, 0.15) is 16.7 Å². The van der Waals surface area contributed by atoms with E-state index < -0.39 is 5.41 Å². The molecule has 0 saturated heterocycles. The van der Waals surface area contributed by atoms with Crippen molar-refractivity contribution in [3.8, 4) is 56.0 Å². The minimum atomic E-state index is -0.669. The van der Waals surface area contributed by atoms with E-state index in [1.807, 2.05) is 0 Å². The summed E-state index contributed by atoms with van der Waals surface area (Å²) in [6.07, 6.45) is 0. The summed E-state index contributed by atoms with van der Waals surface area (Å²) in [7, 11) is 0. The van der Waals surface area contributed by atoms with Crippen LogP contribution in [0, 0.1) is 0 Å². The highest BCUT2D eigenvalue weighted by Crippen LogP contribution is 2.63. The first-order chi connectivity index (χ1) is 29.7. The summed E-state index contributed by atoms with van der Waals surface area (Å²) in [5, 5.41) is 0.942. The third-order valence-corrected chi connectivity index (χ3v) is 12.3. The van der Waals surface area contributed by atoms with Gasteiger partial charge in [0, 0.05) is 28.7 Å². The molecule has 0 unspecified atom stereocenters. The van der Waals surface area contributed by atoms with Crippen LogP contribution in [0.4, 0.5) is 17.1 Å². The van der Waals surface area contributed by atoms with E-state index in [2.05, 4.69) is 229 Å². The number of nitrogens with zero attached hydrogens (tertiary/aromatic N) is 1. The van der Waals surface area contributed by atoms with Crippen LogP contribution in [-0.4, -0.2) is 0 Å². The molecule has 60 heavy (non-hydrogen) atoms. The molecule has 3 nitrogen and oxygen atoms in total. The number of furan rings is 1. The smallest absolute Gasteiger partial charge is 0.178 e. The summed E-state index contributed by atoms with van der Waals surface area (Å²) in [6, 6.07) is 80.0. The maximum absolute atomic E-state index is 7.21. The monoisotopic (exact) mass is 767 g/mol. The van der Waals surface area contributed by atoms with Crippen molar-refractivity contribution in [2.24, 2.45) is 0 Å². The molecule has 1 spiro atoms. The molecule has 0 N–H and O–H groups in total. The topological polar surface area (TPSA) is 25.6 Å². The molecule has 0 saturated carbocycles. The molecule has 9 aromatic carbocycles. The average molecular weight is 768 g/mol. The highest BCUT2D eigenvalue weighted by molar-refractivity contribution is 5.96. The van der Waals surface area contributed by atoms with Gasteiger partial charge in [0.05, 0.1) is 5.39 Å². The van der Waals surface area contributed by atoms with Gasteiger partial charge in [0.15, 0.2) is 11.5 Å². The van der Waals surface area contributed by atoms with E-state index in [0.717, 1.165) is 56.4 Å². The zero-order valence-electron chi connectivity index (χ0n) is 32.6. The van der Waals surface area contributed by atoms with Gasteiger partial charge in [-0.2, -0.15) is 0 Å². The molecular weight excluding hydrogens is 731 g/mol. The highest BCUT2D eigenvalue weighted by atomic mass is 16.5. The highest BCUT2D eigenvalue weighted by Gasteiger charge is 2.54. The van der Waals surface area contributed by atoms with Gasteiger partial charge < -0.3 is 14.1 Å². The van der Waals surface area contributed by atoms with Gasteiger partial charge >= 0.3 is 0 Å². The molecule has 1 aliphatic carbocycles. The number of para-hydroxylation sites is 1. The van der Waals surface area contributed by atoms with E-state index in [1.165, 1.54) is 50.1 Å². The Morgan fingerprint density at radius 1 is 0.350 bits per heavy atom. The average Bonchev–Trinajstić information content (AvgIpc) is 3.84. The quantitative estimate of drug-likeness (QED) is 0.168. The number of hydrogen-bond donors (Lipinski definition) is 0. The second-order valence-corrected chi connectivity index (χ2v) is 15.6. The maximum Gasteiger partial charge on any atom is 0.178 e. The molecule has 10 aromatic rings. The number of hydrogen-bond acceptors (Lipinski definition) is 3. The van der Waals surface area contributed by atoms with Crippen molar-refractivity contribution in [2.45, 2.75) is 5.41 Å². The minimum absolute atomic E-state index is 0.669. The van der Waals surface area contributed by atoms with Crippen molar-refractivity contribution in [3.63, 3.8) is 0 Å². The number of anilines is 3. The van der Waals surface area contributed by atoms with Crippen LogP contribution in [0.15, 0.2) is 229 Å². The van der Waals surface area contributed by atoms with E-state index in [9.17, 15) is 0 Å². The van der Waals surface area contributed by atoms with Crippen molar-refractivity contribution < 1.29 is 9.15 Å². The van der Waals surface area contributed by atoms with Crippen LogP contribution < -0.4 is 9.64 Å². The summed E-state index contributed by atoms with van der Waals surface area (Å²) in [4.78, 5) is 2.31. The molecular formula is C57H37NO2. The Kier molecular flexibility index (Phi) is 7.76. The molecule has 1 aliphatic heterocycles. The molecule has 1 aromatic heterocycles. The Bertz CT molecular complexity index is 3170. The Labute approximate surface area is 349 Å². The molecule has 0 atom stereocenters. The number of ether oxygens (including phenoxy) is 1. The van der Waals surface area contributed by atoms with Crippen molar-refractivity contribution >= 4 is 28.0 Å². The molecule has 0 amide bonds. The summed E-state index contributed by atoms with van der Waals surface area (Å²) in [6.45, 7) is 0. The zero-order chi connectivity index (χ0) is 39.6. The first-order valence-corrected chi connectivity index (χ1v) is 20.5. The van der Waals surface area contributed by atoms with Gasteiger partial charge in [0.2, 0.25) is 0 Å². The fraction of sp³-hybridized carbons (Fsp3) is 0.0175. The molecule has 2 heterocycles. The lowest BCUT2D eigenvalue weighted by Gasteiger charge is -2.36. The third kappa shape index (κ3) is 5.23. The van der Waals surface area contributed by atoms with Gasteiger partial charge in [0.25, 0.3) is 0 Å². The number of rotatable bonds is 6. The van der Waals surface area contributed by atoms with Crippen LogP contribution >= 0.6 is 0 Å². The first kappa shape index (κ1) is 34.2. The van der Waals surface area contributed by atoms with E-state index >= 15 is 0 Å². The predicted molar refractivity (Wildman–Crippen MR) is 245 cm³/mol. The molecule has 12 rings (SSSR count). The molecule has 0 bridgehead atoms. The van der Waals surface area contributed by atoms with Gasteiger partial charge in [-0.1, -0.05) is 170 Å². The molecule has 2 aliphatic rings. The first-order valence-electron chi connectivity index (χ1n) is 20.5. The van der Waals surface area contributed by atoms with Gasteiger partial charge in [-0.15, -0.1) is 0 Å².